The van der Waals surface area contributed by atoms with Crippen molar-refractivity contribution in [3.8, 4) is 11.5 Å². The van der Waals surface area contributed by atoms with Crippen molar-refractivity contribution in [3.05, 3.63) is 52.5 Å². The molecule has 0 aromatic heterocycles. The molecule has 140 valence electrons. The number of nitrogens with one attached hydrogen (secondary N) is 1. The number of alkyl halides is 3. The van der Waals surface area contributed by atoms with E-state index in [4.69, 9.17) is 10.5 Å². The number of ether oxygens (including phenoxy) is 2. The second kappa shape index (κ2) is 8.79. The van der Waals surface area contributed by atoms with Crippen LogP contribution in [0.15, 0.2) is 51.9 Å². The van der Waals surface area contributed by atoms with E-state index < -0.39 is 6.36 Å². The Labute approximate surface area is 157 Å². The van der Waals surface area contributed by atoms with E-state index in [0.717, 1.165) is 10.0 Å². The molecule has 0 heterocycles. The quantitative estimate of drug-likeness (QED) is 0.527. The zero-order chi connectivity index (χ0) is 19.2. The van der Waals surface area contributed by atoms with Crippen LogP contribution in [0, 0.1) is 0 Å². The number of aliphatic imine (C=N–C) groups is 1. The first-order valence-corrected chi connectivity index (χ1v) is 8.32. The normalized spacial score (nSPS) is 12.0. The first kappa shape index (κ1) is 19.9. The van der Waals surface area contributed by atoms with Crippen molar-refractivity contribution < 1.29 is 22.6 Å². The van der Waals surface area contributed by atoms with Crippen LogP contribution < -0.4 is 20.5 Å². The molecular weight excluding hydrogens is 415 g/mol. The summed E-state index contributed by atoms with van der Waals surface area (Å²) in [6, 6.07) is 11.2. The number of nitrogens with zero attached hydrogens (tertiary/aromatic N) is 1. The highest BCUT2D eigenvalue weighted by Crippen LogP contribution is 2.30. The van der Waals surface area contributed by atoms with Gasteiger partial charge < -0.3 is 20.5 Å². The minimum atomic E-state index is -4.79. The molecule has 2 aromatic rings. The van der Waals surface area contributed by atoms with E-state index >= 15 is 0 Å². The summed E-state index contributed by atoms with van der Waals surface area (Å²) >= 11 is 3.40. The number of halogens is 4. The zero-order valence-corrected chi connectivity index (χ0v) is 15.4. The molecule has 0 aliphatic rings. The molecular formula is C17H17BrF3N3O2. The number of hydrogen-bond acceptors (Lipinski definition) is 3. The number of benzene rings is 2. The van der Waals surface area contributed by atoms with Crippen LogP contribution in [0.25, 0.3) is 0 Å². The molecule has 9 heteroatoms. The number of nitrogens with two attached hydrogens (primary N) is 1. The van der Waals surface area contributed by atoms with Crippen molar-refractivity contribution in [1.29, 1.82) is 0 Å². The van der Waals surface area contributed by atoms with Crippen molar-refractivity contribution >= 4 is 27.6 Å². The van der Waals surface area contributed by atoms with Gasteiger partial charge in [-0.25, -0.2) is 0 Å². The van der Waals surface area contributed by atoms with Gasteiger partial charge in [0, 0.05) is 6.54 Å². The van der Waals surface area contributed by atoms with Crippen LogP contribution in [0.5, 0.6) is 11.5 Å². The maximum atomic E-state index is 12.4. The Morgan fingerprint density at radius 1 is 1.19 bits per heavy atom. The second-order valence-corrected chi connectivity index (χ2v) is 5.97. The van der Waals surface area contributed by atoms with E-state index in [0.29, 0.717) is 18.7 Å². The SMILES string of the molecule is COc1c(Br)cccc1CCN=C(N)Nc1ccccc1OC(F)(F)F. The molecule has 0 amide bonds. The van der Waals surface area contributed by atoms with E-state index in [1.165, 1.54) is 18.2 Å². The van der Waals surface area contributed by atoms with Crippen molar-refractivity contribution in [2.45, 2.75) is 12.8 Å². The Morgan fingerprint density at radius 3 is 2.62 bits per heavy atom. The van der Waals surface area contributed by atoms with E-state index in [9.17, 15) is 13.2 Å². The van der Waals surface area contributed by atoms with Gasteiger partial charge in [0.25, 0.3) is 0 Å². The molecule has 26 heavy (non-hydrogen) atoms. The minimum absolute atomic E-state index is 0.0165. The smallest absolute Gasteiger partial charge is 0.495 e. The number of guanidine groups is 1. The van der Waals surface area contributed by atoms with Gasteiger partial charge in [-0.2, -0.15) is 0 Å². The Morgan fingerprint density at radius 2 is 1.92 bits per heavy atom. The monoisotopic (exact) mass is 431 g/mol. The van der Waals surface area contributed by atoms with Crippen molar-refractivity contribution in [2.24, 2.45) is 10.7 Å². The van der Waals surface area contributed by atoms with Crippen LogP contribution in [0.1, 0.15) is 5.56 Å². The topological polar surface area (TPSA) is 68.9 Å². The Hall–Kier alpha value is -2.42. The predicted octanol–water partition coefficient (Wildman–Crippen LogP) is 4.33. The van der Waals surface area contributed by atoms with Gasteiger partial charge in [-0.3, -0.25) is 4.99 Å². The van der Waals surface area contributed by atoms with Crippen molar-refractivity contribution in [3.63, 3.8) is 0 Å². The predicted molar refractivity (Wildman–Crippen MR) is 97.6 cm³/mol. The standard InChI is InChI=1S/C17H17BrF3N3O2/c1-25-15-11(5-4-6-12(15)18)9-10-23-16(22)24-13-7-2-3-8-14(13)26-17(19,20)21/h2-8H,9-10H2,1H3,(H3,22,23,24). The number of methoxy groups -OCH3 is 1. The Balaban J connectivity index is 2.03. The van der Waals surface area contributed by atoms with E-state index in [2.05, 4.69) is 31.0 Å². The molecule has 0 bridgehead atoms. The fraction of sp³-hybridized carbons (Fsp3) is 0.235. The van der Waals surface area contributed by atoms with Gasteiger partial charge in [0.15, 0.2) is 11.7 Å². The van der Waals surface area contributed by atoms with Gasteiger partial charge in [-0.1, -0.05) is 24.3 Å². The van der Waals surface area contributed by atoms with Crippen molar-refractivity contribution in [1.82, 2.24) is 0 Å². The molecule has 0 spiro atoms. The van der Waals surface area contributed by atoms with Gasteiger partial charge in [0.2, 0.25) is 0 Å². The molecule has 0 fully saturated rings. The first-order valence-electron chi connectivity index (χ1n) is 7.53. The van der Waals surface area contributed by atoms with Gasteiger partial charge in [0.05, 0.1) is 17.3 Å². The number of hydrogen-bond donors (Lipinski definition) is 2. The van der Waals surface area contributed by atoms with Crippen LogP contribution in [-0.4, -0.2) is 26.0 Å². The van der Waals surface area contributed by atoms with Gasteiger partial charge in [0.1, 0.15) is 5.75 Å². The third kappa shape index (κ3) is 5.83. The molecule has 0 unspecified atom stereocenters. The van der Waals surface area contributed by atoms with Gasteiger partial charge in [-0.15, -0.1) is 13.2 Å². The maximum Gasteiger partial charge on any atom is 0.573 e. The van der Waals surface area contributed by atoms with Gasteiger partial charge in [-0.05, 0) is 46.1 Å². The second-order valence-electron chi connectivity index (χ2n) is 5.12. The molecule has 2 rings (SSSR count). The van der Waals surface area contributed by atoms with Crippen LogP contribution in [0.4, 0.5) is 18.9 Å². The fourth-order valence-electron chi connectivity index (χ4n) is 2.24. The van der Waals surface area contributed by atoms with Crippen LogP contribution in [0.2, 0.25) is 0 Å². The molecule has 0 aliphatic carbocycles. The third-order valence-electron chi connectivity index (χ3n) is 3.29. The average molecular weight is 432 g/mol. The molecule has 0 atom stereocenters. The lowest BCUT2D eigenvalue weighted by molar-refractivity contribution is -0.274. The number of para-hydroxylation sites is 3. The summed E-state index contributed by atoms with van der Waals surface area (Å²) in [7, 11) is 1.57. The highest BCUT2D eigenvalue weighted by molar-refractivity contribution is 9.10. The van der Waals surface area contributed by atoms with Gasteiger partial charge >= 0.3 is 6.36 Å². The van der Waals surface area contributed by atoms with Crippen LogP contribution >= 0.6 is 15.9 Å². The lowest BCUT2D eigenvalue weighted by Gasteiger charge is -2.14. The summed E-state index contributed by atoms with van der Waals surface area (Å²) in [4.78, 5) is 4.13. The summed E-state index contributed by atoms with van der Waals surface area (Å²) in [5.74, 6) is 0.308. The maximum absolute atomic E-state index is 12.4. The average Bonchev–Trinajstić information content (AvgIpc) is 2.55. The van der Waals surface area contributed by atoms with Crippen LogP contribution in [0.3, 0.4) is 0 Å². The molecule has 0 radical (unpaired) electrons. The number of anilines is 1. The van der Waals surface area contributed by atoms with E-state index in [1.807, 2.05) is 18.2 Å². The molecule has 0 aliphatic heterocycles. The summed E-state index contributed by atoms with van der Waals surface area (Å²) in [5, 5.41) is 2.62. The number of rotatable bonds is 6. The summed E-state index contributed by atoms with van der Waals surface area (Å²) in [5.41, 5.74) is 6.77. The lowest BCUT2D eigenvalue weighted by Crippen LogP contribution is -2.24. The fourth-order valence-corrected chi connectivity index (χ4v) is 2.81. The van der Waals surface area contributed by atoms with Crippen molar-refractivity contribution in [2.75, 3.05) is 19.0 Å². The molecule has 0 saturated carbocycles. The zero-order valence-electron chi connectivity index (χ0n) is 13.8. The molecule has 5 nitrogen and oxygen atoms in total. The van der Waals surface area contributed by atoms with Crippen LogP contribution in [-0.2, 0) is 6.42 Å². The molecule has 2 aromatic carbocycles. The Kier molecular flexibility index (Phi) is 6.73. The minimum Gasteiger partial charge on any atom is -0.495 e. The summed E-state index contributed by atoms with van der Waals surface area (Å²) in [6.45, 7) is 0.327. The van der Waals surface area contributed by atoms with E-state index in [-0.39, 0.29) is 17.4 Å². The molecule has 3 N–H and O–H groups in total. The lowest BCUT2D eigenvalue weighted by atomic mass is 10.1. The highest BCUT2D eigenvalue weighted by atomic mass is 79.9. The Bertz CT molecular complexity index is 782. The highest BCUT2D eigenvalue weighted by Gasteiger charge is 2.32. The summed E-state index contributed by atoms with van der Waals surface area (Å²) < 4.78 is 47.4. The first-order chi connectivity index (χ1) is 12.3. The molecule has 0 saturated heterocycles. The largest absolute Gasteiger partial charge is 0.573 e. The van der Waals surface area contributed by atoms with E-state index in [1.54, 1.807) is 13.2 Å². The summed E-state index contributed by atoms with van der Waals surface area (Å²) in [6.07, 6.45) is -4.24. The third-order valence-corrected chi connectivity index (χ3v) is 3.92.